The topological polar surface area (TPSA) is 117 Å². The van der Waals surface area contributed by atoms with E-state index in [1.54, 1.807) is 6.92 Å². The molecule has 218 valence electrons. The van der Waals surface area contributed by atoms with E-state index in [4.69, 9.17) is 4.74 Å². The average Bonchev–Trinajstić information content (AvgIpc) is 3.46. The third-order valence-electron chi connectivity index (χ3n) is 6.78. The summed E-state index contributed by atoms with van der Waals surface area (Å²) in [6.07, 6.45) is -0.684. The molecule has 1 saturated heterocycles. The number of H-pyrrole nitrogens is 1. The fraction of sp³-hybridized carbons (Fsp3) is 0.194. The van der Waals surface area contributed by atoms with Crippen LogP contribution in [0.15, 0.2) is 112 Å². The molecule has 0 saturated carbocycles. The van der Waals surface area contributed by atoms with Crippen LogP contribution in [0.25, 0.3) is 0 Å². The maximum absolute atomic E-state index is 14.1. The fourth-order valence-corrected chi connectivity index (χ4v) is 7.93. The maximum Gasteiger partial charge on any atom is 0.356 e. The lowest BCUT2D eigenvalue weighted by Gasteiger charge is -2.49. The summed E-state index contributed by atoms with van der Waals surface area (Å²) >= 11 is 4.13. The van der Waals surface area contributed by atoms with Crippen molar-refractivity contribution >= 4 is 53.1 Å². The first-order valence-corrected chi connectivity index (χ1v) is 16.4. The smallest absolute Gasteiger partial charge is 0.356 e. The number of aryl methyl sites for hydroxylation is 1. The van der Waals surface area contributed by atoms with Crippen molar-refractivity contribution in [2.24, 2.45) is 0 Å². The Kier molecular flexibility index (Phi) is 8.87. The van der Waals surface area contributed by atoms with E-state index < -0.39 is 23.5 Å². The van der Waals surface area contributed by atoms with Crippen molar-refractivity contribution in [2.75, 3.05) is 11.5 Å². The van der Waals surface area contributed by atoms with E-state index in [2.05, 4.69) is 20.5 Å². The van der Waals surface area contributed by atoms with Gasteiger partial charge in [-0.25, -0.2) is 4.79 Å². The standard InChI is InChI=1S/C31H27N5O4S3/c1-19-32-31(35-34-19)43-23-17-42-29-25(33-24(37)18-41-22-15-9-4-10-16-22)28(38)36(29)26(23)30(39)40-27(20-11-5-2-6-12-20)21-13-7-3-8-14-21/h2-16,25,27,29H,17-18H2,1H3,(H,33,37)(H,32,34,35)/t25-,29+/m1/s1. The number of nitrogens with one attached hydrogen (secondary N) is 2. The summed E-state index contributed by atoms with van der Waals surface area (Å²) in [6, 6.07) is 27.8. The molecular formula is C31H27N5O4S3. The average molecular weight is 630 g/mol. The zero-order chi connectivity index (χ0) is 29.8. The SMILES string of the molecule is Cc1nnc(SC2=C(C(=O)OC(c3ccccc3)c3ccccc3)N3C(=O)[C@@H](NC(=O)CSc4ccccc4)[C@@H]3SC2)[nH]1. The van der Waals surface area contributed by atoms with Gasteiger partial charge in [0, 0.05) is 15.6 Å². The van der Waals surface area contributed by atoms with Crippen molar-refractivity contribution in [1.82, 2.24) is 25.4 Å². The monoisotopic (exact) mass is 629 g/mol. The fourth-order valence-electron chi connectivity index (χ4n) is 4.77. The highest BCUT2D eigenvalue weighted by Crippen LogP contribution is 2.45. The second kappa shape index (κ2) is 13.1. The third kappa shape index (κ3) is 6.51. The van der Waals surface area contributed by atoms with E-state index >= 15 is 0 Å². The number of benzene rings is 3. The van der Waals surface area contributed by atoms with E-state index in [-0.39, 0.29) is 23.3 Å². The number of aromatic nitrogens is 3. The molecule has 2 aliphatic rings. The second-order valence-corrected chi connectivity index (χ2v) is 13.0. The van der Waals surface area contributed by atoms with Gasteiger partial charge in [-0.15, -0.1) is 33.7 Å². The highest BCUT2D eigenvalue weighted by Gasteiger charge is 2.55. The number of rotatable bonds is 10. The molecule has 6 rings (SSSR count). The highest BCUT2D eigenvalue weighted by atomic mass is 32.2. The molecule has 3 heterocycles. The molecule has 1 aromatic heterocycles. The van der Waals surface area contributed by atoms with Gasteiger partial charge in [0.2, 0.25) is 5.91 Å². The number of carbonyl (C=O) groups is 3. The Bertz CT molecular complexity index is 1610. The minimum absolute atomic E-state index is 0.161. The number of esters is 1. The van der Waals surface area contributed by atoms with Gasteiger partial charge in [-0.3, -0.25) is 14.5 Å². The molecule has 0 radical (unpaired) electrons. The van der Waals surface area contributed by atoms with Gasteiger partial charge >= 0.3 is 5.97 Å². The molecule has 0 unspecified atom stereocenters. The van der Waals surface area contributed by atoms with E-state index in [1.807, 2.05) is 91.0 Å². The zero-order valence-electron chi connectivity index (χ0n) is 23.0. The summed E-state index contributed by atoms with van der Waals surface area (Å²) in [5.41, 5.74) is 1.77. The van der Waals surface area contributed by atoms with E-state index in [9.17, 15) is 14.4 Å². The molecule has 1 fully saturated rings. The van der Waals surface area contributed by atoms with Crippen LogP contribution in [0.2, 0.25) is 0 Å². The van der Waals surface area contributed by atoms with Crippen LogP contribution in [0.1, 0.15) is 23.1 Å². The molecular weight excluding hydrogens is 603 g/mol. The summed E-state index contributed by atoms with van der Waals surface area (Å²) in [4.78, 5) is 46.5. The normalized spacial score (nSPS) is 17.8. The minimum atomic E-state index is -0.741. The number of hydrogen-bond acceptors (Lipinski definition) is 9. The van der Waals surface area contributed by atoms with Gasteiger partial charge < -0.3 is 15.0 Å². The van der Waals surface area contributed by atoms with Crippen LogP contribution >= 0.6 is 35.3 Å². The van der Waals surface area contributed by atoms with Crippen molar-refractivity contribution in [2.45, 2.75) is 34.5 Å². The lowest BCUT2D eigenvalue weighted by molar-refractivity contribution is -0.154. The lowest BCUT2D eigenvalue weighted by Crippen LogP contribution is -2.70. The van der Waals surface area contributed by atoms with Crippen LogP contribution in [0, 0.1) is 6.92 Å². The van der Waals surface area contributed by atoms with Crippen molar-refractivity contribution in [3.63, 3.8) is 0 Å². The number of aromatic amines is 1. The number of nitrogens with zero attached hydrogens (tertiary/aromatic N) is 3. The van der Waals surface area contributed by atoms with Gasteiger partial charge in [0.05, 0.1) is 5.75 Å². The van der Waals surface area contributed by atoms with E-state index in [0.29, 0.717) is 21.6 Å². The third-order valence-corrected chi connectivity index (χ3v) is 10.2. The number of hydrogen-bond donors (Lipinski definition) is 2. The maximum atomic E-state index is 14.1. The number of β-lactam (4-membered cyclic amide) rings is 1. The van der Waals surface area contributed by atoms with Crippen LogP contribution < -0.4 is 5.32 Å². The quantitative estimate of drug-likeness (QED) is 0.143. The molecule has 0 bridgehead atoms. The number of thioether (sulfide) groups is 3. The summed E-state index contributed by atoms with van der Waals surface area (Å²) in [7, 11) is 0. The molecule has 12 heteroatoms. The molecule has 9 nitrogen and oxygen atoms in total. The molecule has 2 N–H and O–H groups in total. The van der Waals surface area contributed by atoms with Crippen molar-refractivity contribution in [3.8, 4) is 0 Å². The van der Waals surface area contributed by atoms with Gasteiger partial charge in [0.25, 0.3) is 5.91 Å². The van der Waals surface area contributed by atoms with Gasteiger partial charge in [-0.05, 0) is 30.2 Å². The number of ether oxygens (including phenoxy) is 1. The number of fused-ring (bicyclic) bond motifs is 1. The molecule has 2 atom stereocenters. The van der Waals surface area contributed by atoms with Crippen molar-refractivity contribution < 1.29 is 19.1 Å². The summed E-state index contributed by atoms with van der Waals surface area (Å²) in [5.74, 6) is 0.0154. The number of carbonyl (C=O) groups excluding carboxylic acids is 3. The van der Waals surface area contributed by atoms with Crippen LogP contribution in [-0.2, 0) is 19.1 Å². The molecule has 0 aliphatic carbocycles. The van der Waals surface area contributed by atoms with E-state index in [0.717, 1.165) is 16.0 Å². The first kappa shape index (κ1) is 29.1. The molecule has 3 aromatic carbocycles. The zero-order valence-corrected chi connectivity index (χ0v) is 25.5. The minimum Gasteiger partial charge on any atom is -0.448 e. The summed E-state index contributed by atoms with van der Waals surface area (Å²) < 4.78 is 6.19. The Hall–Kier alpha value is -4.00. The summed E-state index contributed by atoms with van der Waals surface area (Å²) in [5, 5.41) is 11.1. The molecule has 43 heavy (non-hydrogen) atoms. The molecule has 2 amide bonds. The Balaban J connectivity index is 1.25. The van der Waals surface area contributed by atoms with Gasteiger partial charge in [-0.2, -0.15) is 0 Å². The highest BCUT2D eigenvalue weighted by molar-refractivity contribution is 8.06. The lowest BCUT2D eigenvalue weighted by atomic mass is 10.0. The molecule has 0 spiro atoms. The van der Waals surface area contributed by atoms with Gasteiger partial charge in [-0.1, -0.05) is 90.6 Å². The Labute approximate surface area is 261 Å². The van der Waals surface area contributed by atoms with Gasteiger partial charge in [0.15, 0.2) is 11.3 Å². The first-order valence-electron chi connectivity index (χ1n) is 13.5. The van der Waals surface area contributed by atoms with Gasteiger partial charge in [0.1, 0.15) is 22.9 Å². The summed E-state index contributed by atoms with van der Waals surface area (Å²) in [6.45, 7) is 1.79. The van der Waals surface area contributed by atoms with Crippen LogP contribution in [0.4, 0.5) is 0 Å². The predicted molar refractivity (Wildman–Crippen MR) is 167 cm³/mol. The molecule has 4 aromatic rings. The molecule has 2 aliphatic heterocycles. The first-order chi connectivity index (χ1) is 21.0. The largest absolute Gasteiger partial charge is 0.448 e. The second-order valence-electron chi connectivity index (χ2n) is 9.75. The van der Waals surface area contributed by atoms with Crippen LogP contribution in [-0.4, -0.2) is 60.8 Å². The Morgan fingerprint density at radius 3 is 2.23 bits per heavy atom. The van der Waals surface area contributed by atoms with Crippen molar-refractivity contribution in [1.29, 1.82) is 0 Å². The van der Waals surface area contributed by atoms with Crippen LogP contribution in [0.5, 0.6) is 0 Å². The number of amides is 2. The Morgan fingerprint density at radius 1 is 1.00 bits per heavy atom. The van der Waals surface area contributed by atoms with E-state index in [1.165, 1.54) is 40.2 Å². The predicted octanol–water partition coefficient (Wildman–Crippen LogP) is 4.94. The van der Waals surface area contributed by atoms with Crippen LogP contribution in [0.3, 0.4) is 0 Å². The Morgan fingerprint density at radius 2 is 1.63 bits per heavy atom. The van der Waals surface area contributed by atoms with Crippen molar-refractivity contribution in [3.05, 3.63) is 119 Å².